The molecule has 1 aromatic rings. The highest BCUT2D eigenvalue weighted by molar-refractivity contribution is 5.95. The first-order chi connectivity index (χ1) is 9.65. The second kappa shape index (κ2) is 5.44. The van der Waals surface area contributed by atoms with E-state index in [1.54, 1.807) is 0 Å². The van der Waals surface area contributed by atoms with Crippen molar-refractivity contribution < 1.29 is 4.79 Å². The van der Waals surface area contributed by atoms with Crippen molar-refractivity contribution in [3.05, 3.63) is 29.3 Å². The fourth-order valence-electron chi connectivity index (χ4n) is 3.05. The van der Waals surface area contributed by atoms with Gasteiger partial charge in [0.25, 0.3) is 5.91 Å². The molecule has 4 nitrogen and oxygen atoms in total. The molecule has 1 N–H and O–H groups in total. The molecule has 1 fully saturated rings. The SMILES string of the molecule is CC(C)N1CCN(C(=O)c2ccc3c(c2)NCC3)CC1. The van der Waals surface area contributed by atoms with Gasteiger partial charge in [0.05, 0.1) is 0 Å². The van der Waals surface area contributed by atoms with Crippen LogP contribution in [0.3, 0.4) is 0 Å². The maximum Gasteiger partial charge on any atom is 0.254 e. The highest BCUT2D eigenvalue weighted by Crippen LogP contribution is 2.24. The van der Waals surface area contributed by atoms with E-state index < -0.39 is 0 Å². The Morgan fingerprint density at radius 2 is 1.95 bits per heavy atom. The van der Waals surface area contributed by atoms with Gasteiger partial charge in [-0.1, -0.05) is 6.07 Å². The number of benzene rings is 1. The Morgan fingerprint density at radius 3 is 2.65 bits per heavy atom. The molecule has 0 radical (unpaired) electrons. The zero-order chi connectivity index (χ0) is 14.1. The van der Waals surface area contributed by atoms with Gasteiger partial charge in [-0.15, -0.1) is 0 Å². The van der Waals surface area contributed by atoms with Gasteiger partial charge in [0, 0.05) is 50.0 Å². The number of rotatable bonds is 2. The quantitative estimate of drug-likeness (QED) is 0.893. The lowest BCUT2D eigenvalue weighted by molar-refractivity contribution is 0.0595. The van der Waals surface area contributed by atoms with Crippen molar-refractivity contribution >= 4 is 11.6 Å². The molecule has 0 aliphatic carbocycles. The van der Waals surface area contributed by atoms with Gasteiger partial charge < -0.3 is 10.2 Å². The van der Waals surface area contributed by atoms with E-state index >= 15 is 0 Å². The molecular formula is C16H23N3O. The van der Waals surface area contributed by atoms with Crippen molar-refractivity contribution in [1.82, 2.24) is 9.80 Å². The van der Waals surface area contributed by atoms with Crippen LogP contribution >= 0.6 is 0 Å². The molecule has 0 saturated carbocycles. The number of anilines is 1. The van der Waals surface area contributed by atoms with E-state index in [1.807, 2.05) is 17.0 Å². The zero-order valence-corrected chi connectivity index (χ0v) is 12.4. The lowest BCUT2D eigenvalue weighted by atomic mass is 10.1. The summed E-state index contributed by atoms with van der Waals surface area (Å²) in [4.78, 5) is 17.0. The average molecular weight is 273 g/mol. The van der Waals surface area contributed by atoms with Crippen molar-refractivity contribution in [3.63, 3.8) is 0 Å². The van der Waals surface area contributed by atoms with Crippen LogP contribution in [0.1, 0.15) is 29.8 Å². The van der Waals surface area contributed by atoms with Gasteiger partial charge in [0.15, 0.2) is 0 Å². The number of carbonyl (C=O) groups excluding carboxylic acids is 1. The van der Waals surface area contributed by atoms with E-state index in [0.29, 0.717) is 6.04 Å². The summed E-state index contributed by atoms with van der Waals surface area (Å²) in [5.74, 6) is 0.171. The van der Waals surface area contributed by atoms with Crippen molar-refractivity contribution in [3.8, 4) is 0 Å². The van der Waals surface area contributed by atoms with Crippen LogP contribution in [0.5, 0.6) is 0 Å². The third-order valence-corrected chi connectivity index (χ3v) is 4.40. The van der Waals surface area contributed by atoms with Crippen molar-refractivity contribution in [2.45, 2.75) is 26.3 Å². The van der Waals surface area contributed by atoms with E-state index in [9.17, 15) is 4.79 Å². The van der Waals surface area contributed by atoms with E-state index in [2.05, 4.69) is 30.1 Å². The summed E-state index contributed by atoms with van der Waals surface area (Å²) >= 11 is 0. The Labute approximate surface area is 120 Å². The maximum atomic E-state index is 12.6. The Hall–Kier alpha value is -1.55. The molecule has 0 aromatic heterocycles. The summed E-state index contributed by atoms with van der Waals surface area (Å²) in [5.41, 5.74) is 3.28. The van der Waals surface area contributed by atoms with Gasteiger partial charge in [-0.25, -0.2) is 0 Å². The van der Waals surface area contributed by atoms with E-state index in [0.717, 1.165) is 50.4 Å². The van der Waals surface area contributed by atoms with Crippen LogP contribution in [-0.4, -0.2) is 54.5 Å². The van der Waals surface area contributed by atoms with Crippen molar-refractivity contribution in [1.29, 1.82) is 0 Å². The molecule has 2 aliphatic heterocycles. The molecule has 2 heterocycles. The normalized spacial score (nSPS) is 19.1. The molecule has 1 aromatic carbocycles. The summed E-state index contributed by atoms with van der Waals surface area (Å²) in [6.07, 6.45) is 1.07. The largest absolute Gasteiger partial charge is 0.384 e. The first kappa shape index (κ1) is 13.4. The molecule has 2 aliphatic rings. The van der Waals surface area contributed by atoms with Gasteiger partial charge in [-0.2, -0.15) is 0 Å². The topological polar surface area (TPSA) is 35.6 Å². The second-order valence-electron chi connectivity index (χ2n) is 5.97. The van der Waals surface area contributed by atoms with Crippen molar-refractivity contribution in [2.24, 2.45) is 0 Å². The molecule has 3 rings (SSSR count). The summed E-state index contributed by atoms with van der Waals surface area (Å²) in [5, 5.41) is 3.34. The van der Waals surface area contributed by atoms with Crippen LogP contribution in [0.25, 0.3) is 0 Å². The van der Waals surface area contributed by atoms with Crippen LogP contribution in [0.2, 0.25) is 0 Å². The number of piperazine rings is 1. The fraction of sp³-hybridized carbons (Fsp3) is 0.562. The number of fused-ring (bicyclic) bond motifs is 1. The van der Waals surface area contributed by atoms with Crippen molar-refractivity contribution in [2.75, 3.05) is 38.0 Å². The van der Waals surface area contributed by atoms with Gasteiger partial charge in [0.1, 0.15) is 0 Å². The predicted molar refractivity (Wildman–Crippen MR) is 81.2 cm³/mol. The van der Waals surface area contributed by atoms with Crippen LogP contribution in [0.4, 0.5) is 5.69 Å². The Morgan fingerprint density at radius 1 is 1.20 bits per heavy atom. The third kappa shape index (κ3) is 2.52. The first-order valence-corrected chi connectivity index (χ1v) is 7.55. The third-order valence-electron chi connectivity index (χ3n) is 4.40. The minimum absolute atomic E-state index is 0.171. The number of carbonyl (C=O) groups is 1. The number of hydrogen-bond acceptors (Lipinski definition) is 3. The zero-order valence-electron chi connectivity index (χ0n) is 12.4. The summed E-state index contributed by atoms with van der Waals surface area (Å²) in [7, 11) is 0. The van der Waals surface area contributed by atoms with E-state index in [4.69, 9.17) is 0 Å². The van der Waals surface area contributed by atoms with Gasteiger partial charge in [-0.05, 0) is 38.0 Å². The molecular weight excluding hydrogens is 250 g/mol. The molecule has 1 saturated heterocycles. The highest BCUT2D eigenvalue weighted by Gasteiger charge is 2.24. The van der Waals surface area contributed by atoms with Gasteiger partial charge in [0.2, 0.25) is 0 Å². The standard InChI is InChI=1S/C16H23N3O/c1-12(2)18-7-9-19(10-8-18)16(20)14-4-3-13-5-6-17-15(13)11-14/h3-4,11-12,17H,5-10H2,1-2H3. The summed E-state index contributed by atoms with van der Waals surface area (Å²) in [6, 6.07) is 6.64. The molecule has 0 atom stereocenters. The maximum absolute atomic E-state index is 12.6. The molecule has 0 unspecified atom stereocenters. The lowest BCUT2D eigenvalue weighted by Gasteiger charge is -2.37. The Kier molecular flexibility index (Phi) is 3.66. The molecule has 20 heavy (non-hydrogen) atoms. The van der Waals surface area contributed by atoms with Gasteiger partial charge in [-0.3, -0.25) is 9.69 Å². The average Bonchev–Trinajstić information content (AvgIpc) is 2.94. The molecule has 4 heteroatoms. The number of amides is 1. The van der Waals surface area contributed by atoms with E-state index in [-0.39, 0.29) is 5.91 Å². The minimum atomic E-state index is 0.171. The Balaban J connectivity index is 1.68. The molecule has 1 amide bonds. The van der Waals surface area contributed by atoms with Crippen LogP contribution in [0, 0.1) is 0 Å². The predicted octanol–water partition coefficient (Wildman–Crippen LogP) is 1.82. The number of nitrogens with zero attached hydrogens (tertiary/aromatic N) is 2. The summed E-state index contributed by atoms with van der Waals surface area (Å²) in [6.45, 7) is 9.04. The molecule has 0 bridgehead atoms. The smallest absolute Gasteiger partial charge is 0.254 e. The number of nitrogens with one attached hydrogen (secondary N) is 1. The summed E-state index contributed by atoms with van der Waals surface area (Å²) < 4.78 is 0. The Bertz CT molecular complexity index is 504. The highest BCUT2D eigenvalue weighted by atomic mass is 16.2. The van der Waals surface area contributed by atoms with Crippen LogP contribution < -0.4 is 5.32 Å². The fourth-order valence-corrected chi connectivity index (χ4v) is 3.05. The number of hydrogen-bond donors (Lipinski definition) is 1. The van der Waals surface area contributed by atoms with E-state index in [1.165, 1.54) is 5.56 Å². The van der Waals surface area contributed by atoms with Crippen LogP contribution in [-0.2, 0) is 6.42 Å². The monoisotopic (exact) mass is 273 g/mol. The minimum Gasteiger partial charge on any atom is -0.384 e. The molecule has 108 valence electrons. The lowest BCUT2D eigenvalue weighted by Crippen LogP contribution is -2.50. The second-order valence-corrected chi connectivity index (χ2v) is 5.97. The van der Waals surface area contributed by atoms with Crippen LogP contribution in [0.15, 0.2) is 18.2 Å². The van der Waals surface area contributed by atoms with Gasteiger partial charge >= 0.3 is 0 Å². The molecule has 0 spiro atoms. The first-order valence-electron chi connectivity index (χ1n) is 7.55.